The lowest BCUT2D eigenvalue weighted by molar-refractivity contribution is 0.327. The van der Waals surface area contributed by atoms with Gasteiger partial charge in [-0.05, 0) is 50.6 Å². The van der Waals surface area contributed by atoms with Gasteiger partial charge in [0, 0.05) is 54.8 Å². The summed E-state index contributed by atoms with van der Waals surface area (Å²) in [7, 11) is 1.72. The number of likely N-dealkylation sites (tertiary alicyclic amines) is 1. The predicted octanol–water partition coefficient (Wildman–Crippen LogP) is 4.62. The van der Waals surface area contributed by atoms with Gasteiger partial charge in [-0.3, -0.25) is 4.90 Å². The van der Waals surface area contributed by atoms with E-state index >= 15 is 0 Å². The Morgan fingerprint density at radius 2 is 2.15 bits per heavy atom. The first-order valence-electron chi connectivity index (χ1n) is 11.6. The maximum Gasteiger partial charge on any atom is 0.226 e. The number of fused-ring (bicyclic) bond motifs is 1. The molecule has 5 rings (SSSR count). The number of hydrogen-bond acceptors (Lipinski definition) is 7. The monoisotopic (exact) mass is 446 g/mol. The minimum Gasteiger partial charge on any atom is -0.497 e. The van der Waals surface area contributed by atoms with E-state index in [0.29, 0.717) is 30.1 Å². The molecule has 33 heavy (non-hydrogen) atoms. The number of benzene rings is 1. The van der Waals surface area contributed by atoms with E-state index in [9.17, 15) is 0 Å². The molecule has 1 saturated heterocycles. The number of rotatable bonds is 7. The molecule has 0 radical (unpaired) electrons. The van der Waals surface area contributed by atoms with Gasteiger partial charge >= 0.3 is 0 Å². The van der Waals surface area contributed by atoms with E-state index in [-0.39, 0.29) is 0 Å². The second-order valence-electron chi connectivity index (χ2n) is 8.95. The number of methoxy groups -OCH3 is 1. The molecule has 1 aliphatic rings. The molecule has 0 saturated carbocycles. The van der Waals surface area contributed by atoms with Gasteiger partial charge in [0.25, 0.3) is 0 Å². The first kappa shape index (κ1) is 21.6. The fourth-order valence-corrected chi connectivity index (χ4v) is 4.77. The van der Waals surface area contributed by atoms with Gasteiger partial charge in [-0.1, -0.05) is 12.1 Å². The SMILES string of the molecule is CCc1nc(-c2cncnc2C2CCN(Cc3cn(C(C)C)c4ccc(OC)cc34)C2)no1. The third-order valence-electron chi connectivity index (χ3n) is 6.49. The van der Waals surface area contributed by atoms with Gasteiger partial charge in [-0.15, -0.1) is 0 Å². The summed E-state index contributed by atoms with van der Waals surface area (Å²) in [6.45, 7) is 9.28. The fraction of sp³-hybridized carbons (Fsp3) is 0.440. The van der Waals surface area contributed by atoms with Crippen molar-refractivity contribution in [2.24, 2.45) is 0 Å². The molecule has 8 heteroatoms. The smallest absolute Gasteiger partial charge is 0.226 e. The van der Waals surface area contributed by atoms with Gasteiger partial charge in [-0.25, -0.2) is 9.97 Å². The van der Waals surface area contributed by atoms with Crippen LogP contribution in [0.15, 0.2) is 41.4 Å². The maximum absolute atomic E-state index is 5.50. The van der Waals surface area contributed by atoms with Crippen molar-refractivity contribution in [1.82, 2.24) is 29.6 Å². The van der Waals surface area contributed by atoms with Gasteiger partial charge in [0.1, 0.15) is 12.1 Å². The van der Waals surface area contributed by atoms with E-state index in [1.165, 1.54) is 16.5 Å². The fourth-order valence-electron chi connectivity index (χ4n) is 4.77. The van der Waals surface area contributed by atoms with Gasteiger partial charge in [-0.2, -0.15) is 4.98 Å². The number of aromatic nitrogens is 5. The summed E-state index contributed by atoms with van der Waals surface area (Å²) in [5.74, 6) is 2.40. The molecule has 0 amide bonds. The van der Waals surface area contributed by atoms with Crippen LogP contribution in [-0.4, -0.2) is 49.8 Å². The Bertz CT molecular complexity index is 1260. The van der Waals surface area contributed by atoms with Crippen LogP contribution >= 0.6 is 0 Å². The number of ether oxygens (including phenoxy) is 1. The normalized spacial score (nSPS) is 16.8. The molecule has 1 aliphatic heterocycles. The van der Waals surface area contributed by atoms with Crippen molar-refractivity contribution in [3.63, 3.8) is 0 Å². The highest BCUT2D eigenvalue weighted by molar-refractivity contribution is 5.85. The number of hydrogen-bond donors (Lipinski definition) is 0. The highest BCUT2D eigenvalue weighted by Gasteiger charge is 2.29. The van der Waals surface area contributed by atoms with Crippen LogP contribution in [0.2, 0.25) is 0 Å². The number of aryl methyl sites for hydroxylation is 1. The van der Waals surface area contributed by atoms with Gasteiger partial charge < -0.3 is 13.8 Å². The van der Waals surface area contributed by atoms with E-state index in [4.69, 9.17) is 9.26 Å². The first-order chi connectivity index (χ1) is 16.1. The highest BCUT2D eigenvalue weighted by atomic mass is 16.5. The topological polar surface area (TPSA) is 82.1 Å². The Balaban J connectivity index is 1.40. The van der Waals surface area contributed by atoms with Crippen molar-refractivity contribution < 1.29 is 9.26 Å². The van der Waals surface area contributed by atoms with Crippen LogP contribution in [0, 0.1) is 0 Å². The van der Waals surface area contributed by atoms with Crippen LogP contribution in [0.3, 0.4) is 0 Å². The standard InChI is InChI=1S/C25H30N6O2/c1-5-23-28-25(29-33-23)21-11-26-15-27-24(21)17-8-9-30(12-17)13-18-14-31(16(2)3)22-7-6-19(32-4)10-20(18)22/h6-7,10-11,14-17H,5,8-9,12-13H2,1-4H3. The zero-order valence-corrected chi connectivity index (χ0v) is 19.7. The molecule has 1 aromatic carbocycles. The van der Waals surface area contributed by atoms with E-state index in [1.807, 2.05) is 13.0 Å². The summed E-state index contributed by atoms with van der Waals surface area (Å²) in [6, 6.07) is 6.75. The molecular weight excluding hydrogens is 416 g/mol. The van der Waals surface area contributed by atoms with Crippen LogP contribution in [0.4, 0.5) is 0 Å². The summed E-state index contributed by atoms with van der Waals surface area (Å²) in [6.07, 6.45) is 7.46. The molecule has 3 aromatic heterocycles. The predicted molar refractivity (Wildman–Crippen MR) is 126 cm³/mol. The summed E-state index contributed by atoms with van der Waals surface area (Å²) >= 11 is 0. The largest absolute Gasteiger partial charge is 0.497 e. The second kappa shape index (κ2) is 8.94. The molecule has 1 atom stereocenters. The van der Waals surface area contributed by atoms with Crippen LogP contribution in [-0.2, 0) is 13.0 Å². The molecule has 0 aliphatic carbocycles. The third-order valence-corrected chi connectivity index (χ3v) is 6.49. The molecular formula is C25H30N6O2. The van der Waals surface area contributed by atoms with Crippen molar-refractivity contribution in [2.75, 3.05) is 20.2 Å². The zero-order valence-electron chi connectivity index (χ0n) is 19.7. The summed E-state index contributed by atoms with van der Waals surface area (Å²) in [4.78, 5) is 15.9. The molecule has 172 valence electrons. The molecule has 1 fully saturated rings. The Morgan fingerprint density at radius 3 is 2.91 bits per heavy atom. The van der Waals surface area contributed by atoms with Crippen molar-refractivity contribution in [3.05, 3.63) is 54.1 Å². The molecule has 1 unspecified atom stereocenters. The first-order valence-corrected chi connectivity index (χ1v) is 11.6. The molecule has 4 heterocycles. The molecule has 0 N–H and O–H groups in total. The van der Waals surface area contributed by atoms with Crippen LogP contribution in [0.25, 0.3) is 22.3 Å². The summed E-state index contributed by atoms with van der Waals surface area (Å²) in [5.41, 5.74) is 4.45. The molecule has 0 spiro atoms. The van der Waals surface area contributed by atoms with Crippen molar-refractivity contribution in [1.29, 1.82) is 0 Å². The minimum absolute atomic E-state index is 0.305. The number of nitrogens with zero attached hydrogens (tertiary/aromatic N) is 6. The maximum atomic E-state index is 5.50. The van der Waals surface area contributed by atoms with Crippen LogP contribution in [0.1, 0.15) is 56.3 Å². The van der Waals surface area contributed by atoms with E-state index in [2.05, 4.69) is 61.8 Å². The van der Waals surface area contributed by atoms with Gasteiger partial charge in [0.05, 0.1) is 18.4 Å². The zero-order chi connectivity index (χ0) is 22.9. The Morgan fingerprint density at radius 1 is 1.27 bits per heavy atom. The van der Waals surface area contributed by atoms with E-state index < -0.39 is 0 Å². The van der Waals surface area contributed by atoms with Crippen LogP contribution in [0.5, 0.6) is 5.75 Å². The summed E-state index contributed by atoms with van der Waals surface area (Å²) in [5, 5.41) is 5.41. The molecule has 8 nitrogen and oxygen atoms in total. The van der Waals surface area contributed by atoms with Crippen molar-refractivity contribution >= 4 is 10.9 Å². The lowest BCUT2D eigenvalue weighted by atomic mass is 10.00. The Hall–Kier alpha value is -3.26. The van der Waals surface area contributed by atoms with Gasteiger partial charge in [0.2, 0.25) is 11.7 Å². The van der Waals surface area contributed by atoms with Crippen molar-refractivity contribution in [2.45, 2.75) is 52.1 Å². The van der Waals surface area contributed by atoms with E-state index in [0.717, 1.165) is 43.1 Å². The Kier molecular flexibility index (Phi) is 5.85. The summed E-state index contributed by atoms with van der Waals surface area (Å²) < 4.78 is 13.2. The average molecular weight is 447 g/mol. The highest BCUT2D eigenvalue weighted by Crippen LogP contribution is 2.34. The third kappa shape index (κ3) is 4.11. The quantitative estimate of drug-likeness (QED) is 0.409. The van der Waals surface area contributed by atoms with E-state index in [1.54, 1.807) is 19.6 Å². The molecule has 0 bridgehead atoms. The van der Waals surface area contributed by atoms with Crippen molar-refractivity contribution in [3.8, 4) is 17.1 Å². The minimum atomic E-state index is 0.305. The lowest BCUT2D eigenvalue weighted by Crippen LogP contribution is -2.20. The van der Waals surface area contributed by atoms with Crippen LogP contribution < -0.4 is 4.74 Å². The molecule has 4 aromatic rings. The average Bonchev–Trinajstić information content (AvgIpc) is 3.58. The Labute approximate surface area is 193 Å². The second-order valence-corrected chi connectivity index (χ2v) is 8.95. The lowest BCUT2D eigenvalue weighted by Gasteiger charge is -2.16. The van der Waals surface area contributed by atoms with Gasteiger partial charge in [0.15, 0.2) is 0 Å².